The van der Waals surface area contributed by atoms with E-state index in [2.05, 4.69) is 31.2 Å². The second-order valence-corrected chi connectivity index (χ2v) is 12.5. The van der Waals surface area contributed by atoms with Gasteiger partial charge in [0.25, 0.3) is 0 Å². The van der Waals surface area contributed by atoms with Crippen molar-refractivity contribution in [1.82, 2.24) is 25.1 Å². The molecule has 0 radical (unpaired) electrons. The van der Waals surface area contributed by atoms with E-state index in [1.807, 2.05) is 46.4 Å². The van der Waals surface area contributed by atoms with Crippen LogP contribution >= 0.6 is 15.9 Å². The SMILES string of the molecule is CC(C)(C)OC(=O)N1CCN(c2ncccc2C=O)CC1.CC(C)(C)OC(=O)N1CCNCC1.O=Cc1cccnc1Br. The van der Waals surface area contributed by atoms with Gasteiger partial charge in [0.2, 0.25) is 0 Å². The summed E-state index contributed by atoms with van der Waals surface area (Å²) in [5.41, 5.74) is 0.280. The van der Waals surface area contributed by atoms with E-state index in [-0.39, 0.29) is 17.8 Å². The van der Waals surface area contributed by atoms with Crippen molar-refractivity contribution in [1.29, 1.82) is 0 Å². The van der Waals surface area contributed by atoms with E-state index in [1.165, 1.54) is 0 Å². The van der Waals surface area contributed by atoms with Crippen molar-refractivity contribution in [2.75, 3.05) is 57.3 Å². The molecule has 0 unspecified atom stereocenters. The minimum absolute atomic E-state index is 0.200. The molecular weight excluding hydrogens is 620 g/mol. The number of anilines is 1. The van der Waals surface area contributed by atoms with Crippen LogP contribution in [0.1, 0.15) is 62.3 Å². The number of ether oxygens (including phenoxy) is 2. The van der Waals surface area contributed by atoms with Crippen molar-refractivity contribution < 1.29 is 28.7 Å². The van der Waals surface area contributed by atoms with Crippen LogP contribution in [-0.4, -0.2) is 108 Å². The first-order valence-corrected chi connectivity index (χ1v) is 14.9. The quantitative estimate of drug-likeness (QED) is 0.371. The van der Waals surface area contributed by atoms with Crippen LogP contribution in [0.25, 0.3) is 0 Å². The molecule has 236 valence electrons. The predicted molar refractivity (Wildman–Crippen MR) is 168 cm³/mol. The number of carbonyl (C=O) groups excluding carboxylic acids is 4. The number of nitrogens with one attached hydrogen (secondary N) is 1. The topological polar surface area (TPSA) is 134 Å². The molecule has 13 heteroatoms. The third-order valence-electron chi connectivity index (χ3n) is 5.86. The minimum Gasteiger partial charge on any atom is -0.444 e. The highest BCUT2D eigenvalue weighted by molar-refractivity contribution is 9.10. The maximum absolute atomic E-state index is 12.0. The molecule has 1 N–H and O–H groups in total. The van der Waals surface area contributed by atoms with Gasteiger partial charge in [0.15, 0.2) is 12.6 Å². The van der Waals surface area contributed by atoms with Gasteiger partial charge in [-0.3, -0.25) is 9.59 Å². The van der Waals surface area contributed by atoms with Crippen molar-refractivity contribution in [2.24, 2.45) is 0 Å². The van der Waals surface area contributed by atoms with E-state index in [0.717, 1.165) is 38.8 Å². The fourth-order valence-corrected chi connectivity index (χ4v) is 4.20. The molecule has 43 heavy (non-hydrogen) atoms. The van der Waals surface area contributed by atoms with Gasteiger partial charge < -0.3 is 29.5 Å². The highest BCUT2D eigenvalue weighted by Gasteiger charge is 2.27. The Bertz CT molecular complexity index is 1200. The zero-order valence-corrected chi connectivity index (χ0v) is 27.4. The van der Waals surface area contributed by atoms with Gasteiger partial charge >= 0.3 is 12.2 Å². The summed E-state index contributed by atoms with van der Waals surface area (Å²) in [4.78, 5) is 58.2. The highest BCUT2D eigenvalue weighted by Crippen LogP contribution is 2.19. The number of aromatic nitrogens is 2. The largest absolute Gasteiger partial charge is 0.444 e. The van der Waals surface area contributed by atoms with Gasteiger partial charge in [-0.15, -0.1) is 0 Å². The van der Waals surface area contributed by atoms with Gasteiger partial charge in [-0.25, -0.2) is 19.6 Å². The lowest BCUT2D eigenvalue weighted by Gasteiger charge is -2.36. The molecule has 2 amide bonds. The van der Waals surface area contributed by atoms with Crippen LogP contribution in [0, 0.1) is 0 Å². The summed E-state index contributed by atoms with van der Waals surface area (Å²) in [6.07, 6.45) is 4.37. The van der Waals surface area contributed by atoms with Crippen LogP contribution < -0.4 is 10.2 Å². The van der Waals surface area contributed by atoms with Gasteiger partial charge in [-0.1, -0.05) is 0 Å². The summed E-state index contributed by atoms with van der Waals surface area (Å²) in [5, 5.41) is 3.18. The fourth-order valence-electron chi connectivity index (χ4n) is 3.85. The molecule has 2 aromatic heterocycles. The number of rotatable bonds is 3. The van der Waals surface area contributed by atoms with E-state index in [9.17, 15) is 19.2 Å². The Morgan fingerprint density at radius 3 is 1.67 bits per heavy atom. The van der Waals surface area contributed by atoms with Crippen LogP contribution in [0.5, 0.6) is 0 Å². The first kappa shape index (κ1) is 35.6. The number of hydrogen-bond donors (Lipinski definition) is 1. The summed E-state index contributed by atoms with van der Waals surface area (Å²) < 4.78 is 11.2. The smallest absolute Gasteiger partial charge is 0.410 e. The van der Waals surface area contributed by atoms with Crippen LogP contribution in [0.3, 0.4) is 0 Å². The molecule has 2 aromatic rings. The van der Waals surface area contributed by atoms with E-state index in [1.54, 1.807) is 46.5 Å². The predicted octanol–water partition coefficient (Wildman–Crippen LogP) is 4.43. The third-order valence-corrected chi connectivity index (χ3v) is 6.52. The molecule has 0 saturated carbocycles. The Kier molecular flexibility index (Phi) is 14.0. The highest BCUT2D eigenvalue weighted by atomic mass is 79.9. The number of halogens is 1. The molecule has 2 saturated heterocycles. The van der Waals surface area contributed by atoms with Gasteiger partial charge in [0, 0.05) is 70.3 Å². The van der Waals surface area contributed by atoms with Crippen molar-refractivity contribution >= 4 is 46.5 Å². The first-order valence-electron chi connectivity index (χ1n) is 14.1. The molecule has 2 fully saturated rings. The van der Waals surface area contributed by atoms with E-state index < -0.39 is 5.60 Å². The van der Waals surface area contributed by atoms with Gasteiger partial charge in [-0.05, 0) is 81.7 Å². The van der Waals surface area contributed by atoms with Crippen molar-refractivity contribution in [3.05, 3.63) is 52.4 Å². The fraction of sp³-hybridized carbons (Fsp3) is 0.533. The maximum atomic E-state index is 12.0. The lowest BCUT2D eigenvalue weighted by atomic mass is 10.2. The van der Waals surface area contributed by atoms with Crippen molar-refractivity contribution in [2.45, 2.75) is 52.7 Å². The number of nitrogens with zero attached hydrogens (tertiary/aromatic N) is 5. The Morgan fingerprint density at radius 2 is 1.23 bits per heavy atom. The molecule has 0 bridgehead atoms. The van der Waals surface area contributed by atoms with Crippen LogP contribution in [0.2, 0.25) is 0 Å². The zero-order chi connectivity index (χ0) is 32.0. The Labute approximate surface area is 262 Å². The molecule has 4 rings (SSSR count). The normalized spacial score (nSPS) is 15.2. The van der Waals surface area contributed by atoms with E-state index in [4.69, 9.17) is 9.47 Å². The number of hydrogen-bond acceptors (Lipinski definition) is 10. The molecule has 4 heterocycles. The molecular formula is C30H43BrN6O6. The first-order chi connectivity index (χ1) is 20.2. The number of pyridine rings is 2. The summed E-state index contributed by atoms with van der Waals surface area (Å²) >= 11 is 3.11. The minimum atomic E-state index is -0.486. The summed E-state index contributed by atoms with van der Waals surface area (Å²) in [6, 6.07) is 6.90. The summed E-state index contributed by atoms with van der Waals surface area (Å²) in [5.74, 6) is 0.677. The van der Waals surface area contributed by atoms with Crippen molar-refractivity contribution in [3.8, 4) is 0 Å². The lowest BCUT2D eigenvalue weighted by molar-refractivity contribution is 0.0223. The average Bonchev–Trinajstić information content (AvgIpc) is 2.97. The third kappa shape index (κ3) is 13.1. The van der Waals surface area contributed by atoms with E-state index >= 15 is 0 Å². The standard InChI is InChI=1S/C15H21N3O3.C9H18N2O2.C6H4BrNO/c1-15(2,3)21-14(20)18-9-7-17(8-10-18)13-12(11-19)5-4-6-16-13;1-9(2,3)13-8(12)11-6-4-10-5-7-11;7-6-5(4-9)2-1-3-8-6/h4-6,11H,7-10H2,1-3H3;10H,4-7H2,1-3H3;1-4H. The number of amides is 2. The second kappa shape index (κ2) is 16.9. The Balaban J connectivity index is 0.000000249. The van der Waals surface area contributed by atoms with Crippen LogP contribution in [0.4, 0.5) is 15.4 Å². The van der Waals surface area contributed by atoms with Gasteiger partial charge in [-0.2, -0.15) is 0 Å². The number of carbonyl (C=O) groups is 4. The van der Waals surface area contributed by atoms with Crippen molar-refractivity contribution in [3.63, 3.8) is 0 Å². The van der Waals surface area contributed by atoms with Gasteiger partial charge in [0.05, 0.1) is 5.56 Å². The zero-order valence-electron chi connectivity index (χ0n) is 25.8. The summed E-state index contributed by atoms with van der Waals surface area (Å²) in [6.45, 7) is 16.8. The molecule has 12 nitrogen and oxygen atoms in total. The molecule has 0 atom stereocenters. The Morgan fingerprint density at radius 1 is 0.767 bits per heavy atom. The average molecular weight is 664 g/mol. The van der Waals surface area contributed by atoms with Gasteiger partial charge in [0.1, 0.15) is 21.6 Å². The van der Waals surface area contributed by atoms with Crippen LogP contribution in [0.15, 0.2) is 41.3 Å². The molecule has 2 aliphatic rings. The molecule has 2 aliphatic heterocycles. The molecule has 0 aromatic carbocycles. The van der Waals surface area contributed by atoms with E-state index in [0.29, 0.717) is 47.7 Å². The maximum Gasteiger partial charge on any atom is 0.410 e. The van der Waals surface area contributed by atoms with Crippen LogP contribution in [-0.2, 0) is 9.47 Å². The molecule has 0 spiro atoms. The Hall–Kier alpha value is -3.58. The summed E-state index contributed by atoms with van der Waals surface area (Å²) in [7, 11) is 0. The lowest BCUT2D eigenvalue weighted by Crippen LogP contribution is -2.50. The number of piperazine rings is 2. The number of aldehydes is 2. The monoisotopic (exact) mass is 662 g/mol. The second-order valence-electron chi connectivity index (χ2n) is 11.7. The molecule has 0 aliphatic carbocycles.